The van der Waals surface area contributed by atoms with Gasteiger partial charge in [0.15, 0.2) is 17.5 Å². The summed E-state index contributed by atoms with van der Waals surface area (Å²) in [5.41, 5.74) is 1.80. The number of Topliss-reactive ketones (excluding diaryl/α,β-unsaturated/α-hetero) is 1. The highest BCUT2D eigenvalue weighted by atomic mass is 32.1. The first kappa shape index (κ1) is 18.7. The van der Waals surface area contributed by atoms with Crippen molar-refractivity contribution < 1.29 is 4.79 Å². The number of ketones is 1. The van der Waals surface area contributed by atoms with Crippen molar-refractivity contribution in [2.45, 2.75) is 45.1 Å². The molecule has 1 unspecified atom stereocenters. The Hall–Kier alpha value is -3.31. The molecule has 1 aliphatic heterocycles. The lowest BCUT2D eigenvalue weighted by Crippen LogP contribution is -2.17. The summed E-state index contributed by atoms with van der Waals surface area (Å²) >= 11 is 1.37. The molecular formula is C22H20N6OS. The quantitative estimate of drug-likeness (QED) is 0.465. The number of thiophene rings is 1. The number of hydrogen-bond donors (Lipinski definition) is 0. The highest BCUT2D eigenvalue weighted by molar-refractivity contribution is 7.20. The molecule has 150 valence electrons. The van der Waals surface area contributed by atoms with E-state index < -0.39 is 5.92 Å². The summed E-state index contributed by atoms with van der Waals surface area (Å²) in [4.78, 5) is 14.8. The number of para-hydroxylation sites is 1. The zero-order chi connectivity index (χ0) is 20.7. The number of nitrogens with zero attached hydrogens (tertiary/aromatic N) is 6. The third-order valence-corrected chi connectivity index (χ3v) is 6.70. The van der Waals surface area contributed by atoms with Crippen molar-refractivity contribution in [1.82, 2.24) is 24.5 Å². The van der Waals surface area contributed by atoms with E-state index in [1.54, 1.807) is 0 Å². The zero-order valence-corrected chi connectivity index (χ0v) is 17.4. The van der Waals surface area contributed by atoms with Gasteiger partial charge in [-0.15, -0.1) is 21.5 Å². The number of hydrogen-bond acceptors (Lipinski definition) is 6. The Bertz CT molecular complexity index is 1280. The van der Waals surface area contributed by atoms with Crippen molar-refractivity contribution in [3.63, 3.8) is 0 Å². The molecule has 0 N–H and O–H groups in total. The van der Waals surface area contributed by atoms with Crippen LogP contribution in [0.4, 0.5) is 0 Å². The first-order valence-corrected chi connectivity index (χ1v) is 10.9. The Morgan fingerprint density at radius 3 is 2.83 bits per heavy atom. The number of fused-ring (bicyclic) bond motifs is 2. The third-order valence-electron chi connectivity index (χ3n) is 5.58. The maximum atomic E-state index is 13.3. The van der Waals surface area contributed by atoms with Crippen LogP contribution < -0.4 is 0 Å². The summed E-state index contributed by atoms with van der Waals surface area (Å²) < 4.78 is 3.83. The maximum absolute atomic E-state index is 13.3. The highest BCUT2D eigenvalue weighted by Gasteiger charge is 2.31. The molecule has 7 nitrogen and oxygen atoms in total. The van der Waals surface area contributed by atoms with E-state index >= 15 is 0 Å². The van der Waals surface area contributed by atoms with Crippen molar-refractivity contribution in [1.29, 1.82) is 5.26 Å². The average Bonchev–Trinajstić information content (AvgIpc) is 3.40. The van der Waals surface area contributed by atoms with Gasteiger partial charge in [-0.05, 0) is 38.0 Å². The molecule has 1 aromatic carbocycles. The molecule has 0 saturated heterocycles. The lowest BCUT2D eigenvalue weighted by molar-refractivity contribution is 0.0978. The van der Waals surface area contributed by atoms with Gasteiger partial charge in [0.1, 0.15) is 10.7 Å². The second-order valence-corrected chi connectivity index (χ2v) is 8.56. The summed E-state index contributed by atoms with van der Waals surface area (Å²) in [5, 5.41) is 23.9. The van der Waals surface area contributed by atoms with E-state index in [0.717, 1.165) is 59.7 Å². The van der Waals surface area contributed by atoms with E-state index in [1.807, 2.05) is 52.6 Å². The van der Waals surface area contributed by atoms with Crippen LogP contribution in [0.15, 0.2) is 36.4 Å². The van der Waals surface area contributed by atoms with E-state index in [-0.39, 0.29) is 5.78 Å². The molecule has 30 heavy (non-hydrogen) atoms. The topological polar surface area (TPSA) is 89.4 Å². The maximum Gasteiger partial charge on any atom is 0.197 e. The van der Waals surface area contributed by atoms with Gasteiger partial charge >= 0.3 is 0 Å². The van der Waals surface area contributed by atoms with Crippen LogP contribution in [0, 0.1) is 18.3 Å². The molecule has 1 aliphatic rings. The van der Waals surface area contributed by atoms with Gasteiger partial charge in [-0.1, -0.05) is 24.6 Å². The first-order valence-electron chi connectivity index (χ1n) is 10.1. The summed E-state index contributed by atoms with van der Waals surface area (Å²) in [6.45, 7) is 2.69. The number of nitriles is 1. The molecule has 0 bridgehead atoms. The fraction of sp³-hybridized carbons (Fsp3) is 0.318. The number of carbonyl (C=O) groups excluding carboxylic acids is 1. The van der Waals surface area contributed by atoms with Crippen LogP contribution in [0.25, 0.3) is 15.9 Å². The van der Waals surface area contributed by atoms with Crippen LogP contribution >= 0.6 is 11.3 Å². The predicted octanol–water partition coefficient (Wildman–Crippen LogP) is 4.20. The van der Waals surface area contributed by atoms with Gasteiger partial charge in [-0.2, -0.15) is 10.4 Å². The van der Waals surface area contributed by atoms with Crippen molar-refractivity contribution in [3.05, 3.63) is 58.6 Å². The van der Waals surface area contributed by atoms with Crippen molar-refractivity contribution in [3.8, 4) is 11.8 Å². The minimum atomic E-state index is -0.953. The van der Waals surface area contributed by atoms with E-state index in [4.69, 9.17) is 0 Å². The SMILES string of the molecule is Cc1nn(-c2ccccc2)c2sc(C(=O)C(C#N)c3nnc4n3CCCCC4)cc12. The van der Waals surface area contributed by atoms with Crippen molar-refractivity contribution >= 4 is 27.3 Å². The van der Waals surface area contributed by atoms with Crippen LogP contribution in [0.2, 0.25) is 0 Å². The van der Waals surface area contributed by atoms with Crippen LogP contribution in [0.1, 0.15) is 52.2 Å². The van der Waals surface area contributed by atoms with Gasteiger partial charge in [0.05, 0.1) is 22.3 Å². The smallest absolute Gasteiger partial charge is 0.197 e. The standard InChI is InChI=1S/C22H20N6OS/c1-14-16-12-18(30-22(16)28(26-14)15-8-4-2-5-9-15)20(29)17(13-23)21-25-24-19-10-6-3-7-11-27(19)21/h2,4-5,8-9,12,17H,3,6-7,10-11H2,1H3. The first-order chi connectivity index (χ1) is 14.7. The monoisotopic (exact) mass is 416 g/mol. The van der Waals surface area contributed by atoms with Crippen molar-refractivity contribution in [2.24, 2.45) is 0 Å². The molecule has 0 aliphatic carbocycles. The third kappa shape index (κ3) is 3.02. The molecule has 0 fully saturated rings. The summed E-state index contributed by atoms with van der Waals surface area (Å²) in [5.74, 6) is 0.170. The largest absolute Gasteiger partial charge is 0.313 e. The van der Waals surface area contributed by atoms with E-state index in [2.05, 4.69) is 21.4 Å². The summed E-state index contributed by atoms with van der Waals surface area (Å²) in [6, 6.07) is 13.9. The molecule has 4 heterocycles. The number of carbonyl (C=O) groups is 1. The molecule has 0 amide bonds. The fourth-order valence-corrected chi connectivity index (χ4v) is 5.16. The average molecular weight is 417 g/mol. The molecule has 0 radical (unpaired) electrons. The zero-order valence-electron chi connectivity index (χ0n) is 16.6. The van der Waals surface area contributed by atoms with Crippen LogP contribution in [0.5, 0.6) is 0 Å². The minimum Gasteiger partial charge on any atom is -0.313 e. The van der Waals surface area contributed by atoms with E-state index in [0.29, 0.717) is 10.7 Å². The van der Waals surface area contributed by atoms with Gasteiger partial charge in [-0.3, -0.25) is 4.79 Å². The molecule has 4 aromatic rings. The predicted molar refractivity (Wildman–Crippen MR) is 114 cm³/mol. The number of benzene rings is 1. The number of aromatic nitrogens is 5. The van der Waals surface area contributed by atoms with E-state index in [1.165, 1.54) is 11.3 Å². The van der Waals surface area contributed by atoms with Gasteiger partial charge in [0.2, 0.25) is 0 Å². The Balaban J connectivity index is 1.55. The van der Waals surface area contributed by atoms with Gasteiger partial charge in [-0.25, -0.2) is 4.68 Å². The summed E-state index contributed by atoms with van der Waals surface area (Å²) in [6.07, 6.45) is 4.04. The molecular weight excluding hydrogens is 396 g/mol. The Morgan fingerprint density at radius 2 is 2.03 bits per heavy atom. The Labute approximate surface area is 177 Å². The molecule has 8 heteroatoms. The van der Waals surface area contributed by atoms with Crippen LogP contribution in [-0.4, -0.2) is 30.3 Å². The van der Waals surface area contributed by atoms with Gasteiger partial charge < -0.3 is 4.57 Å². The normalized spacial score (nSPS) is 14.8. The minimum absolute atomic E-state index is 0.225. The Kier molecular flexibility index (Phi) is 4.68. The lowest BCUT2D eigenvalue weighted by atomic mass is 10.0. The highest BCUT2D eigenvalue weighted by Crippen LogP contribution is 2.33. The van der Waals surface area contributed by atoms with Crippen molar-refractivity contribution in [2.75, 3.05) is 0 Å². The summed E-state index contributed by atoms with van der Waals surface area (Å²) in [7, 11) is 0. The fourth-order valence-electron chi connectivity index (χ4n) is 4.01. The second-order valence-electron chi connectivity index (χ2n) is 7.53. The number of aryl methyl sites for hydroxylation is 2. The Morgan fingerprint density at radius 1 is 1.20 bits per heavy atom. The molecule has 0 spiro atoms. The molecule has 1 atom stereocenters. The van der Waals surface area contributed by atoms with Crippen LogP contribution in [0.3, 0.4) is 0 Å². The van der Waals surface area contributed by atoms with E-state index in [9.17, 15) is 10.1 Å². The van der Waals surface area contributed by atoms with Crippen LogP contribution in [-0.2, 0) is 13.0 Å². The molecule has 0 saturated carbocycles. The lowest BCUT2D eigenvalue weighted by Gasteiger charge is -2.10. The van der Waals surface area contributed by atoms with Gasteiger partial charge in [0.25, 0.3) is 0 Å². The van der Waals surface area contributed by atoms with Gasteiger partial charge in [0, 0.05) is 18.4 Å². The second kappa shape index (κ2) is 7.50. The number of rotatable bonds is 4. The molecule has 3 aromatic heterocycles. The molecule has 5 rings (SSSR count).